The molecule has 2 N–H and O–H groups in total. The Labute approximate surface area is 272 Å². The highest BCUT2D eigenvalue weighted by Gasteiger charge is 2.42. The van der Waals surface area contributed by atoms with Crippen molar-refractivity contribution in [2.75, 3.05) is 60.6 Å². The molecule has 0 unspecified atom stereocenters. The normalized spacial score (nSPS) is 23.2. The van der Waals surface area contributed by atoms with Gasteiger partial charge in [0.15, 0.2) is 5.82 Å². The van der Waals surface area contributed by atoms with Crippen LogP contribution < -0.4 is 25.3 Å². The second-order valence-corrected chi connectivity index (χ2v) is 12.5. The van der Waals surface area contributed by atoms with Crippen LogP contribution in [0.2, 0.25) is 5.02 Å². The van der Waals surface area contributed by atoms with E-state index >= 15 is 0 Å². The predicted molar refractivity (Wildman–Crippen MR) is 174 cm³/mol. The fourth-order valence-corrected chi connectivity index (χ4v) is 7.37. The number of benzene rings is 2. The molecule has 242 valence electrons. The number of nitrogens with one attached hydrogen (secondary N) is 2. The summed E-state index contributed by atoms with van der Waals surface area (Å²) in [5, 5.41) is 8.29. The molecule has 3 atom stereocenters. The van der Waals surface area contributed by atoms with Crippen LogP contribution in [0.1, 0.15) is 37.3 Å². The molecule has 5 heterocycles. The topological polar surface area (TPSA) is 104 Å². The number of carbonyl (C=O) groups excluding carboxylic acids is 1. The minimum absolute atomic E-state index is 0.274. The number of nitrogens with zero attached hydrogens (tertiary/aromatic N) is 5. The van der Waals surface area contributed by atoms with Crippen LogP contribution in [-0.2, 0) is 14.4 Å². The highest BCUT2D eigenvalue weighted by Crippen LogP contribution is 2.41. The minimum atomic E-state index is -0.410. The average molecular weight is 650 g/mol. The van der Waals surface area contributed by atoms with Gasteiger partial charge < -0.3 is 25.0 Å². The van der Waals surface area contributed by atoms with Crippen molar-refractivity contribution in [3.05, 3.63) is 71.8 Å². The third-order valence-electron chi connectivity index (χ3n) is 9.29. The smallest absolute Gasteiger partial charge is 0.247 e. The van der Waals surface area contributed by atoms with Gasteiger partial charge in [-0.25, -0.2) is 19.4 Å². The Morgan fingerprint density at radius 1 is 1.11 bits per heavy atom. The Morgan fingerprint density at radius 2 is 1.96 bits per heavy atom. The van der Waals surface area contributed by atoms with Gasteiger partial charge in [-0.15, -0.1) is 0 Å². The lowest BCUT2D eigenvalue weighted by atomic mass is 10.0. The van der Waals surface area contributed by atoms with E-state index in [1.54, 1.807) is 24.3 Å². The number of likely N-dealkylation sites (tertiary alicyclic amines) is 1. The second-order valence-electron chi connectivity index (χ2n) is 12.1. The first-order valence-electron chi connectivity index (χ1n) is 15.6. The number of piperidine rings is 1. The van der Waals surface area contributed by atoms with Gasteiger partial charge in [-0.05, 0) is 55.2 Å². The maximum Gasteiger partial charge on any atom is 0.247 e. The van der Waals surface area contributed by atoms with Gasteiger partial charge in [0.1, 0.15) is 23.7 Å². The van der Waals surface area contributed by atoms with Crippen LogP contribution in [0.3, 0.4) is 0 Å². The summed E-state index contributed by atoms with van der Waals surface area (Å²) in [5.74, 6) is 0.851. The monoisotopic (exact) mass is 649 g/mol. The van der Waals surface area contributed by atoms with Crippen LogP contribution in [-0.4, -0.2) is 78.9 Å². The van der Waals surface area contributed by atoms with Crippen molar-refractivity contribution in [1.29, 1.82) is 0 Å². The fourth-order valence-electron chi connectivity index (χ4n) is 7.14. The Hall–Kier alpha value is -3.97. The van der Waals surface area contributed by atoms with Crippen LogP contribution in [0, 0.1) is 5.82 Å². The van der Waals surface area contributed by atoms with E-state index in [0.717, 1.165) is 51.2 Å². The van der Waals surface area contributed by atoms with Crippen molar-refractivity contribution in [3.8, 4) is 5.75 Å². The summed E-state index contributed by atoms with van der Waals surface area (Å²) >= 11 is 6.14. The molecule has 4 aliphatic rings. The first-order chi connectivity index (χ1) is 22.4. The Kier molecular flexibility index (Phi) is 8.69. The number of hydrogen-bond acceptors (Lipinski definition) is 10. The molecule has 4 aliphatic heterocycles. The number of carbonyl (C=O) groups is 1. The Bertz CT molecular complexity index is 1600. The summed E-state index contributed by atoms with van der Waals surface area (Å²) in [5.41, 5.74) is 2.82. The van der Waals surface area contributed by atoms with E-state index in [9.17, 15) is 9.18 Å². The quantitative estimate of drug-likeness (QED) is 0.290. The van der Waals surface area contributed by atoms with E-state index in [1.807, 2.05) is 12.1 Å². The molecule has 11 nitrogen and oxygen atoms in total. The first kappa shape index (κ1) is 30.7. The molecule has 2 bridgehead atoms. The predicted octanol–water partition coefficient (Wildman–Crippen LogP) is 5.47. The number of aromatic nitrogens is 2. The molecule has 2 aromatic carbocycles. The molecule has 46 heavy (non-hydrogen) atoms. The second kappa shape index (κ2) is 13.0. The van der Waals surface area contributed by atoms with Crippen molar-refractivity contribution in [2.24, 2.45) is 0 Å². The van der Waals surface area contributed by atoms with Gasteiger partial charge in [-0.3, -0.25) is 14.5 Å². The van der Waals surface area contributed by atoms with Gasteiger partial charge in [-0.1, -0.05) is 18.2 Å². The Balaban J connectivity index is 1.12. The van der Waals surface area contributed by atoms with Crippen LogP contribution in [0.4, 0.5) is 33.1 Å². The van der Waals surface area contributed by atoms with Gasteiger partial charge in [0.05, 0.1) is 49.5 Å². The zero-order valence-corrected chi connectivity index (χ0v) is 26.4. The maximum absolute atomic E-state index is 14.1. The van der Waals surface area contributed by atoms with Gasteiger partial charge in [-0.2, -0.15) is 0 Å². The number of methoxy groups -OCH3 is 1. The maximum atomic E-state index is 14.1. The SMILES string of the molecule is C=CC(=O)Nc1cc(Nc2cc(N3OCC[C@@H]3c3cc(F)cc(Cl)c3)ncn2)c(OC)cc1N1CCC(N2C[C@@H]3C[C@H]2CO3)CC1. The van der Waals surface area contributed by atoms with Gasteiger partial charge >= 0.3 is 0 Å². The Morgan fingerprint density at radius 3 is 2.67 bits per heavy atom. The minimum Gasteiger partial charge on any atom is -0.494 e. The molecular formula is C33H37ClFN7O4. The number of fused-ring (bicyclic) bond motifs is 2. The summed E-state index contributed by atoms with van der Waals surface area (Å²) in [6.07, 6.45) is 6.92. The molecule has 4 fully saturated rings. The summed E-state index contributed by atoms with van der Waals surface area (Å²) < 4.78 is 25.8. The number of hydroxylamine groups is 1. The standard InChI is InChI=1S/C33H37ClFN7O4/c1-3-33(43)39-26-14-27(30(44-2)15-29(26)40-7-4-23(5-8-40)41-17-25-13-24(41)18-45-25)38-31-16-32(37-19-36-31)42-28(6-9-46-42)20-10-21(34)12-22(35)11-20/h3,10-12,14-16,19,23-25,28H,1,4-9,13,17-18H2,2H3,(H,39,43)(H,36,37,38)/t24-,25-,28+/m0/s1. The van der Waals surface area contributed by atoms with Crippen molar-refractivity contribution in [3.63, 3.8) is 0 Å². The lowest BCUT2D eigenvalue weighted by Crippen LogP contribution is -2.49. The third kappa shape index (κ3) is 6.22. The van der Waals surface area contributed by atoms with Crippen molar-refractivity contribution in [2.45, 2.75) is 49.9 Å². The van der Waals surface area contributed by atoms with Crippen molar-refractivity contribution >= 4 is 46.2 Å². The highest BCUT2D eigenvalue weighted by atomic mass is 35.5. The van der Waals surface area contributed by atoms with E-state index in [4.69, 9.17) is 25.9 Å². The number of amides is 1. The van der Waals surface area contributed by atoms with Crippen LogP contribution in [0.25, 0.3) is 0 Å². The number of morpholine rings is 1. The third-order valence-corrected chi connectivity index (χ3v) is 9.51. The molecule has 4 saturated heterocycles. The zero-order chi connectivity index (χ0) is 31.8. The molecule has 0 radical (unpaired) electrons. The average Bonchev–Trinajstić information content (AvgIpc) is 3.83. The summed E-state index contributed by atoms with van der Waals surface area (Å²) in [4.78, 5) is 32.2. The largest absolute Gasteiger partial charge is 0.494 e. The van der Waals surface area contributed by atoms with E-state index < -0.39 is 5.82 Å². The molecule has 0 spiro atoms. The summed E-state index contributed by atoms with van der Waals surface area (Å²) in [7, 11) is 1.61. The fraction of sp³-hybridized carbons (Fsp3) is 0.424. The summed E-state index contributed by atoms with van der Waals surface area (Å²) in [6, 6.07) is 10.8. The molecule has 0 saturated carbocycles. The number of hydrogen-bond donors (Lipinski definition) is 2. The van der Waals surface area contributed by atoms with E-state index in [1.165, 1.54) is 24.5 Å². The van der Waals surface area contributed by atoms with E-state index in [0.29, 0.717) is 70.6 Å². The molecule has 0 aliphatic carbocycles. The summed E-state index contributed by atoms with van der Waals surface area (Å²) in [6.45, 7) is 7.66. The number of rotatable bonds is 9. The van der Waals surface area contributed by atoms with Crippen LogP contribution in [0.15, 0.2) is 55.4 Å². The van der Waals surface area contributed by atoms with E-state index in [-0.39, 0.29) is 11.9 Å². The number of ether oxygens (including phenoxy) is 2. The molecule has 1 aromatic heterocycles. The van der Waals surface area contributed by atoms with Crippen molar-refractivity contribution in [1.82, 2.24) is 14.9 Å². The first-order valence-corrected chi connectivity index (χ1v) is 16.0. The molecule has 13 heteroatoms. The number of halogens is 2. The number of anilines is 5. The lowest BCUT2D eigenvalue weighted by Gasteiger charge is -2.41. The van der Waals surface area contributed by atoms with Crippen LogP contribution >= 0.6 is 11.6 Å². The molecular weight excluding hydrogens is 613 g/mol. The zero-order valence-electron chi connectivity index (χ0n) is 25.6. The van der Waals surface area contributed by atoms with E-state index in [2.05, 4.69) is 37.0 Å². The molecule has 3 aromatic rings. The van der Waals surface area contributed by atoms with Gasteiger partial charge in [0, 0.05) is 55.3 Å². The highest BCUT2D eigenvalue weighted by molar-refractivity contribution is 6.30. The van der Waals surface area contributed by atoms with Gasteiger partial charge in [0.2, 0.25) is 5.91 Å². The van der Waals surface area contributed by atoms with Gasteiger partial charge in [0.25, 0.3) is 0 Å². The van der Waals surface area contributed by atoms with Crippen molar-refractivity contribution < 1.29 is 23.5 Å². The molecule has 7 rings (SSSR count). The lowest BCUT2D eigenvalue weighted by molar-refractivity contribution is -0.111. The molecule has 1 amide bonds. The van der Waals surface area contributed by atoms with Crippen LogP contribution in [0.5, 0.6) is 5.75 Å².